The van der Waals surface area contributed by atoms with Gasteiger partial charge in [-0.2, -0.15) is 0 Å². The topological polar surface area (TPSA) is 29.3 Å². The van der Waals surface area contributed by atoms with E-state index < -0.39 is 0 Å². The van der Waals surface area contributed by atoms with Gasteiger partial charge in [-0.15, -0.1) is 0 Å². The molecule has 0 saturated carbocycles. The van der Waals surface area contributed by atoms with Gasteiger partial charge in [0.2, 0.25) is 0 Å². The number of benzene rings is 2. The minimum Gasteiger partial charge on any atom is -0.373 e. The molecule has 2 aromatic carbocycles. The van der Waals surface area contributed by atoms with Crippen LogP contribution in [0, 0.1) is 13.8 Å². The van der Waals surface area contributed by atoms with Crippen LogP contribution in [0.4, 0.5) is 5.69 Å². The molecule has 0 heterocycles. The molecule has 0 saturated heterocycles. The van der Waals surface area contributed by atoms with E-state index in [1.807, 2.05) is 18.2 Å². The van der Waals surface area contributed by atoms with Crippen LogP contribution in [-0.4, -0.2) is 13.6 Å². The molecule has 2 N–H and O–H groups in total. The molecule has 0 aliphatic rings. The summed E-state index contributed by atoms with van der Waals surface area (Å²) < 4.78 is 0. The summed E-state index contributed by atoms with van der Waals surface area (Å²) in [5.74, 6) is 0. The van der Waals surface area contributed by atoms with Crippen molar-refractivity contribution in [3.63, 3.8) is 0 Å². The van der Waals surface area contributed by atoms with E-state index in [9.17, 15) is 0 Å². The van der Waals surface area contributed by atoms with Gasteiger partial charge in [0.05, 0.1) is 0 Å². The molecule has 0 radical (unpaired) electrons. The molecule has 0 amide bonds. The van der Waals surface area contributed by atoms with E-state index in [1.165, 1.54) is 22.4 Å². The van der Waals surface area contributed by atoms with Crippen molar-refractivity contribution in [2.45, 2.75) is 19.9 Å². The average Bonchev–Trinajstić information content (AvgIpc) is 2.42. The van der Waals surface area contributed by atoms with E-state index >= 15 is 0 Å². The molecule has 0 aliphatic carbocycles. The largest absolute Gasteiger partial charge is 0.373 e. The summed E-state index contributed by atoms with van der Waals surface area (Å²) >= 11 is 0. The zero-order valence-corrected chi connectivity index (χ0v) is 11.9. The molecule has 2 nitrogen and oxygen atoms in total. The summed E-state index contributed by atoms with van der Waals surface area (Å²) in [6.07, 6.45) is 0. The summed E-state index contributed by atoms with van der Waals surface area (Å²) in [6, 6.07) is 16.8. The number of hydrogen-bond acceptors (Lipinski definition) is 2. The van der Waals surface area contributed by atoms with Crippen molar-refractivity contribution in [2.24, 2.45) is 5.73 Å². The quantitative estimate of drug-likeness (QED) is 0.905. The molecule has 0 fully saturated rings. The Bertz CT molecular complexity index is 534. The van der Waals surface area contributed by atoms with Crippen LogP contribution >= 0.6 is 0 Å². The first-order valence-corrected chi connectivity index (χ1v) is 6.67. The van der Waals surface area contributed by atoms with Gasteiger partial charge in [-0.1, -0.05) is 36.4 Å². The zero-order valence-electron chi connectivity index (χ0n) is 11.9. The molecule has 0 aromatic heterocycles. The fourth-order valence-corrected chi connectivity index (χ4v) is 2.18. The Morgan fingerprint density at radius 3 is 2.32 bits per heavy atom. The first kappa shape index (κ1) is 13.6. The number of anilines is 1. The van der Waals surface area contributed by atoms with Gasteiger partial charge in [0, 0.05) is 25.3 Å². The van der Waals surface area contributed by atoms with Crippen LogP contribution in [0.15, 0.2) is 48.5 Å². The lowest BCUT2D eigenvalue weighted by molar-refractivity contribution is 0.703. The molecular formula is C17H22N2. The Balaban J connectivity index is 2.08. The fraction of sp³-hybridized carbons (Fsp3) is 0.294. The van der Waals surface area contributed by atoms with E-state index in [1.54, 1.807) is 0 Å². The molecule has 2 heteroatoms. The Hall–Kier alpha value is -1.80. The third-order valence-electron chi connectivity index (χ3n) is 3.63. The molecule has 100 valence electrons. The number of aryl methyl sites for hydroxylation is 2. The number of nitrogens with zero attached hydrogens (tertiary/aromatic N) is 1. The molecule has 0 aliphatic heterocycles. The molecule has 1 unspecified atom stereocenters. The maximum Gasteiger partial charge on any atom is 0.0473 e. The van der Waals surface area contributed by atoms with Gasteiger partial charge in [0.25, 0.3) is 0 Å². The van der Waals surface area contributed by atoms with Crippen molar-refractivity contribution in [3.8, 4) is 0 Å². The maximum atomic E-state index is 6.31. The highest BCUT2D eigenvalue weighted by Gasteiger charge is 2.10. The van der Waals surface area contributed by atoms with Crippen molar-refractivity contribution >= 4 is 5.69 Å². The Kier molecular flexibility index (Phi) is 4.23. The smallest absolute Gasteiger partial charge is 0.0473 e. The number of rotatable bonds is 4. The Morgan fingerprint density at radius 1 is 1.00 bits per heavy atom. The van der Waals surface area contributed by atoms with Crippen molar-refractivity contribution in [1.82, 2.24) is 0 Å². The minimum atomic E-state index is 0.0320. The second kappa shape index (κ2) is 5.89. The molecule has 2 rings (SSSR count). The number of hydrogen-bond donors (Lipinski definition) is 1. The first-order valence-electron chi connectivity index (χ1n) is 6.67. The molecule has 0 spiro atoms. The van der Waals surface area contributed by atoms with Crippen molar-refractivity contribution in [2.75, 3.05) is 18.5 Å². The lowest BCUT2D eigenvalue weighted by Gasteiger charge is -2.24. The van der Waals surface area contributed by atoms with Gasteiger partial charge in [-0.25, -0.2) is 0 Å². The number of nitrogens with two attached hydrogens (primary N) is 1. The van der Waals surface area contributed by atoms with E-state index in [-0.39, 0.29) is 6.04 Å². The van der Waals surface area contributed by atoms with E-state index in [0.29, 0.717) is 0 Å². The standard InChI is InChI=1S/C17H22N2/c1-13-9-10-15(11-14(13)2)17(18)12-19(3)16-7-5-4-6-8-16/h4-11,17H,12,18H2,1-3H3. The highest BCUT2D eigenvalue weighted by molar-refractivity contribution is 5.45. The lowest BCUT2D eigenvalue weighted by atomic mass is 10.0. The maximum absolute atomic E-state index is 6.31. The van der Waals surface area contributed by atoms with Gasteiger partial charge in [-0.05, 0) is 42.7 Å². The molecular weight excluding hydrogens is 232 g/mol. The second-order valence-electron chi connectivity index (χ2n) is 5.17. The normalized spacial score (nSPS) is 12.2. The van der Waals surface area contributed by atoms with Gasteiger partial charge in [0.1, 0.15) is 0 Å². The van der Waals surface area contributed by atoms with Gasteiger partial charge < -0.3 is 10.6 Å². The Labute approximate surface area is 115 Å². The first-order chi connectivity index (χ1) is 9.08. The summed E-state index contributed by atoms with van der Waals surface area (Å²) in [4.78, 5) is 2.19. The Morgan fingerprint density at radius 2 is 1.68 bits per heavy atom. The van der Waals surface area contributed by atoms with Crippen LogP contribution in [0.5, 0.6) is 0 Å². The SMILES string of the molecule is Cc1ccc(C(N)CN(C)c2ccccc2)cc1C. The van der Waals surface area contributed by atoms with E-state index in [4.69, 9.17) is 5.73 Å². The fourth-order valence-electron chi connectivity index (χ4n) is 2.18. The van der Waals surface area contributed by atoms with Crippen molar-refractivity contribution in [3.05, 3.63) is 65.2 Å². The van der Waals surface area contributed by atoms with Gasteiger partial charge in [0.15, 0.2) is 0 Å². The predicted octanol–water partition coefficient (Wildman–Crippen LogP) is 3.44. The highest BCUT2D eigenvalue weighted by atomic mass is 15.1. The molecule has 1 atom stereocenters. The van der Waals surface area contributed by atoms with Crippen LogP contribution in [0.3, 0.4) is 0 Å². The van der Waals surface area contributed by atoms with E-state index in [0.717, 1.165) is 6.54 Å². The average molecular weight is 254 g/mol. The highest BCUT2D eigenvalue weighted by Crippen LogP contribution is 2.19. The monoisotopic (exact) mass is 254 g/mol. The van der Waals surface area contributed by atoms with Gasteiger partial charge >= 0.3 is 0 Å². The molecule has 19 heavy (non-hydrogen) atoms. The van der Waals surface area contributed by atoms with Gasteiger partial charge in [-0.3, -0.25) is 0 Å². The predicted molar refractivity (Wildman–Crippen MR) is 82.6 cm³/mol. The van der Waals surface area contributed by atoms with E-state index in [2.05, 4.69) is 56.1 Å². The van der Waals surface area contributed by atoms with Crippen LogP contribution in [-0.2, 0) is 0 Å². The van der Waals surface area contributed by atoms with Crippen molar-refractivity contribution < 1.29 is 0 Å². The van der Waals surface area contributed by atoms with Crippen molar-refractivity contribution in [1.29, 1.82) is 0 Å². The van der Waals surface area contributed by atoms with Crippen LogP contribution in [0.1, 0.15) is 22.7 Å². The second-order valence-corrected chi connectivity index (χ2v) is 5.17. The van der Waals surface area contributed by atoms with Crippen LogP contribution in [0.2, 0.25) is 0 Å². The zero-order chi connectivity index (χ0) is 13.8. The lowest BCUT2D eigenvalue weighted by Crippen LogP contribution is -2.28. The summed E-state index contributed by atoms with van der Waals surface area (Å²) in [7, 11) is 2.08. The minimum absolute atomic E-state index is 0.0320. The number of para-hydroxylation sites is 1. The molecule has 0 bridgehead atoms. The summed E-state index contributed by atoms with van der Waals surface area (Å²) in [6.45, 7) is 5.07. The third-order valence-corrected chi connectivity index (χ3v) is 3.63. The van der Waals surface area contributed by atoms with Crippen LogP contribution in [0.25, 0.3) is 0 Å². The molecule has 2 aromatic rings. The third kappa shape index (κ3) is 3.36. The summed E-state index contributed by atoms with van der Waals surface area (Å²) in [5.41, 5.74) is 11.3. The van der Waals surface area contributed by atoms with Crippen LogP contribution < -0.4 is 10.6 Å². The number of likely N-dealkylation sites (N-methyl/N-ethyl adjacent to an activating group) is 1. The summed E-state index contributed by atoms with van der Waals surface area (Å²) in [5, 5.41) is 0.